The third-order valence-electron chi connectivity index (χ3n) is 5.36. The highest BCUT2D eigenvalue weighted by molar-refractivity contribution is 7.92. The zero-order valence-electron chi connectivity index (χ0n) is 17.6. The van der Waals surface area contributed by atoms with E-state index in [-0.39, 0.29) is 11.9 Å². The summed E-state index contributed by atoms with van der Waals surface area (Å²) >= 11 is 0. The number of anilines is 1. The van der Waals surface area contributed by atoms with Crippen molar-refractivity contribution >= 4 is 21.6 Å². The second kappa shape index (κ2) is 9.98. The van der Waals surface area contributed by atoms with Gasteiger partial charge in [-0.1, -0.05) is 43.9 Å². The zero-order chi connectivity index (χ0) is 21.6. The maximum atomic E-state index is 12.9. The van der Waals surface area contributed by atoms with Gasteiger partial charge in [0.25, 0.3) is 0 Å². The molecule has 2 aromatic carbocycles. The minimum atomic E-state index is -3.65. The fourth-order valence-electron chi connectivity index (χ4n) is 3.84. The van der Waals surface area contributed by atoms with E-state index >= 15 is 0 Å². The summed E-state index contributed by atoms with van der Waals surface area (Å²) in [5.41, 5.74) is 0.432. The Morgan fingerprint density at radius 1 is 0.967 bits per heavy atom. The van der Waals surface area contributed by atoms with E-state index in [4.69, 9.17) is 4.74 Å². The zero-order valence-corrected chi connectivity index (χ0v) is 18.4. The number of carbonyl (C=O) groups is 1. The summed E-state index contributed by atoms with van der Waals surface area (Å²) in [7, 11) is -3.65. The molecular formula is C23H30N2O4S. The first-order chi connectivity index (χ1) is 14.3. The number of hydrogen-bond donors (Lipinski definition) is 1. The summed E-state index contributed by atoms with van der Waals surface area (Å²) in [4.78, 5) is 12.9. The van der Waals surface area contributed by atoms with Crippen molar-refractivity contribution in [2.24, 2.45) is 0 Å². The van der Waals surface area contributed by atoms with Crippen LogP contribution < -0.4 is 14.4 Å². The fraction of sp³-hybridized carbons (Fsp3) is 0.435. The van der Waals surface area contributed by atoms with Crippen LogP contribution in [0.2, 0.25) is 0 Å². The molecule has 1 aliphatic rings. The fourth-order valence-corrected chi connectivity index (χ4v) is 5.01. The van der Waals surface area contributed by atoms with Gasteiger partial charge in [0, 0.05) is 6.04 Å². The molecule has 0 aliphatic heterocycles. The van der Waals surface area contributed by atoms with Crippen molar-refractivity contribution in [1.82, 2.24) is 5.32 Å². The highest BCUT2D eigenvalue weighted by Crippen LogP contribution is 2.27. The quantitative estimate of drug-likeness (QED) is 0.658. The van der Waals surface area contributed by atoms with Crippen LogP contribution in [0.15, 0.2) is 54.6 Å². The minimum Gasteiger partial charge on any atom is -0.457 e. The molecule has 30 heavy (non-hydrogen) atoms. The number of rotatable bonds is 7. The van der Waals surface area contributed by atoms with Crippen LogP contribution in [0.5, 0.6) is 11.5 Å². The largest absolute Gasteiger partial charge is 0.457 e. The van der Waals surface area contributed by atoms with Gasteiger partial charge in [-0.05, 0) is 56.2 Å². The monoisotopic (exact) mass is 430 g/mol. The van der Waals surface area contributed by atoms with Gasteiger partial charge >= 0.3 is 0 Å². The van der Waals surface area contributed by atoms with E-state index in [0.717, 1.165) is 31.9 Å². The molecule has 0 bridgehead atoms. The molecule has 0 spiro atoms. The predicted molar refractivity (Wildman–Crippen MR) is 119 cm³/mol. The van der Waals surface area contributed by atoms with Crippen LogP contribution in [0, 0.1) is 0 Å². The van der Waals surface area contributed by atoms with E-state index in [2.05, 4.69) is 5.32 Å². The molecule has 0 aromatic heterocycles. The van der Waals surface area contributed by atoms with Gasteiger partial charge in [-0.25, -0.2) is 8.42 Å². The Hall–Kier alpha value is -2.54. The molecule has 1 atom stereocenters. The Balaban J connectivity index is 1.74. The highest BCUT2D eigenvalue weighted by atomic mass is 32.2. The number of nitrogens with zero attached hydrogens (tertiary/aromatic N) is 1. The van der Waals surface area contributed by atoms with Crippen molar-refractivity contribution in [3.8, 4) is 11.5 Å². The standard InChI is InChI=1S/C23H30N2O4S/c1-18(23(26)24-19-10-6-3-4-7-11-19)25(30(2,27)28)20-14-16-22(17-15-20)29-21-12-8-5-9-13-21/h5,8-9,12-19H,3-4,6-7,10-11H2,1-2H3,(H,24,26)/t18-/m1/s1. The molecule has 1 amide bonds. The summed E-state index contributed by atoms with van der Waals surface area (Å²) in [5, 5.41) is 3.06. The first-order valence-electron chi connectivity index (χ1n) is 10.5. The summed E-state index contributed by atoms with van der Waals surface area (Å²) in [5.74, 6) is 1.02. The van der Waals surface area contributed by atoms with Crippen molar-refractivity contribution in [3.63, 3.8) is 0 Å². The molecule has 2 aromatic rings. The smallest absolute Gasteiger partial charge is 0.243 e. The number of sulfonamides is 1. The molecule has 0 saturated heterocycles. The van der Waals surface area contributed by atoms with Gasteiger partial charge in [0.2, 0.25) is 15.9 Å². The molecule has 7 heteroatoms. The lowest BCUT2D eigenvalue weighted by molar-refractivity contribution is -0.122. The molecule has 1 N–H and O–H groups in total. The third kappa shape index (κ3) is 5.98. The number of nitrogens with one attached hydrogen (secondary N) is 1. The SMILES string of the molecule is C[C@H](C(=O)NC1CCCCCC1)N(c1ccc(Oc2ccccc2)cc1)S(C)(=O)=O. The number of ether oxygens (including phenoxy) is 1. The molecular weight excluding hydrogens is 400 g/mol. The lowest BCUT2D eigenvalue weighted by atomic mass is 10.1. The highest BCUT2D eigenvalue weighted by Gasteiger charge is 2.30. The lowest BCUT2D eigenvalue weighted by Crippen LogP contribution is -2.50. The Labute approximate surface area is 179 Å². The van der Waals surface area contributed by atoms with Crippen molar-refractivity contribution in [2.75, 3.05) is 10.6 Å². The Bertz CT molecular complexity index is 921. The normalized spacial score (nSPS) is 16.3. The summed E-state index contributed by atoms with van der Waals surface area (Å²) in [6, 6.07) is 15.4. The Kier molecular flexibility index (Phi) is 7.37. The van der Waals surface area contributed by atoms with Gasteiger partial charge in [-0.2, -0.15) is 0 Å². The lowest BCUT2D eigenvalue weighted by Gasteiger charge is -2.29. The number of amides is 1. The number of para-hydroxylation sites is 1. The van der Waals surface area contributed by atoms with Crippen LogP contribution in [0.1, 0.15) is 45.4 Å². The minimum absolute atomic E-state index is 0.116. The number of hydrogen-bond acceptors (Lipinski definition) is 4. The van der Waals surface area contributed by atoms with Crippen molar-refractivity contribution in [1.29, 1.82) is 0 Å². The maximum absolute atomic E-state index is 12.9. The average molecular weight is 431 g/mol. The number of benzene rings is 2. The first-order valence-corrected chi connectivity index (χ1v) is 12.3. The van der Waals surface area contributed by atoms with Crippen molar-refractivity contribution < 1.29 is 17.9 Å². The molecule has 3 rings (SSSR count). The van der Waals surface area contributed by atoms with E-state index in [1.165, 1.54) is 17.1 Å². The van der Waals surface area contributed by atoms with Gasteiger partial charge in [0.15, 0.2) is 0 Å². The van der Waals surface area contributed by atoms with E-state index in [1.54, 1.807) is 31.2 Å². The molecule has 1 aliphatic carbocycles. The average Bonchev–Trinajstić information content (AvgIpc) is 2.98. The van der Waals surface area contributed by atoms with Gasteiger partial charge in [-0.15, -0.1) is 0 Å². The molecule has 6 nitrogen and oxygen atoms in total. The van der Waals surface area contributed by atoms with Crippen LogP contribution in [0.3, 0.4) is 0 Å². The van der Waals surface area contributed by atoms with E-state index in [9.17, 15) is 13.2 Å². The third-order valence-corrected chi connectivity index (χ3v) is 6.60. The van der Waals surface area contributed by atoms with E-state index in [1.807, 2.05) is 30.3 Å². The summed E-state index contributed by atoms with van der Waals surface area (Å²) in [6.07, 6.45) is 7.59. The van der Waals surface area contributed by atoms with E-state index in [0.29, 0.717) is 17.2 Å². The second-order valence-corrected chi connectivity index (χ2v) is 9.70. The van der Waals surface area contributed by atoms with Crippen LogP contribution in [0.25, 0.3) is 0 Å². The molecule has 0 unspecified atom stereocenters. The Morgan fingerprint density at radius 2 is 1.53 bits per heavy atom. The second-order valence-electron chi connectivity index (χ2n) is 7.84. The summed E-state index contributed by atoms with van der Waals surface area (Å²) in [6.45, 7) is 1.63. The van der Waals surface area contributed by atoms with Crippen LogP contribution in [-0.4, -0.2) is 32.7 Å². The predicted octanol–water partition coefficient (Wildman–Crippen LogP) is 4.47. The van der Waals surface area contributed by atoms with E-state index < -0.39 is 16.1 Å². The molecule has 1 fully saturated rings. The molecule has 0 radical (unpaired) electrons. The summed E-state index contributed by atoms with van der Waals surface area (Å²) < 4.78 is 32.0. The first kappa shape index (κ1) is 22.2. The van der Waals surface area contributed by atoms with Crippen LogP contribution >= 0.6 is 0 Å². The van der Waals surface area contributed by atoms with Crippen molar-refractivity contribution in [3.05, 3.63) is 54.6 Å². The van der Waals surface area contributed by atoms with Gasteiger partial charge < -0.3 is 10.1 Å². The van der Waals surface area contributed by atoms with Crippen LogP contribution in [-0.2, 0) is 14.8 Å². The van der Waals surface area contributed by atoms with Gasteiger partial charge in [0.1, 0.15) is 17.5 Å². The Morgan fingerprint density at radius 3 is 2.10 bits per heavy atom. The molecule has 0 heterocycles. The topological polar surface area (TPSA) is 75.7 Å². The van der Waals surface area contributed by atoms with Gasteiger partial charge in [-0.3, -0.25) is 9.10 Å². The van der Waals surface area contributed by atoms with Gasteiger partial charge in [0.05, 0.1) is 11.9 Å². The maximum Gasteiger partial charge on any atom is 0.243 e. The van der Waals surface area contributed by atoms with Crippen LogP contribution in [0.4, 0.5) is 5.69 Å². The molecule has 162 valence electrons. The molecule has 1 saturated carbocycles. The van der Waals surface area contributed by atoms with Crippen molar-refractivity contribution in [2.45, 2.75) is 57.5 Å². The number of carbonyl (C=O) groups excluding carboxylic acids is 1.